The Kier molecular flexibility index (Phi) is 3.39. The van der Waals surface area contributed by atoms with Crippen LogP contribution in [0.15, 0.2) is 6.07 Å². The van der Waals surface area contributed by atoms with Gasteiger partial charge in [-0.2, -0.15) is 4.98 Å². The highest BCUT2D eigenvalue weighted by Gasteiger charge is 2.20. The van der Waals surface area contributed by atoms with Gasteiger partial charge in [-0.05, 0) is 46.0 Å². The molecule has 0 saturated carbocycles. The van der Waals surface area contributed by atoms with Crippen molar-refractivity contribution in [2.75, 3.05) is 27.2 Å². The maximum Gasteiger partial charge on any atom is 0.316 e. The smallest absolute Gasteiger partial charge is 0.316 e. The third-order valence-corrected chi connectivity index (χ3v) is 3.17. The van der Waals surface area contributed by atoms with Crippen molar-refractivity contribution in [1.29, 1.82) is 0 Å². The summed E-state index contributed by atoms with van der Waals surface area (Å²) in [4.78, 5) is 11.0. The molecule has 0 spiro atoms. The van der Waals surface area contributed by atoms with Crippen molar-refractivity contribution in [3.05, 3.63) is 17.5 Å². The van der Waals surface area contributed by atoms with Gasteiger partial charge in [0.25, 0.3) is 0 Å². The molecule has 1 aliphatic rings. The van der Waals surface area contributed by atoms with E-state index in [-0.39, 0.29) is 0 Å². The summed E-state index contributed by atoms with van der Waals surface area (Å²) < 4.78 is 5.11. The summed E-state index contributed by atoms with van der Waals surface area (Å²) in [5.41, 5.74) is 2.12. The summed E-state index contributed by atoms with van der Waals surface area (Å²) in [6.07, 6.45) is 2.35. The van der Waals surface area contributed by atoms with E-state index >= 15 is 0 Å². The molecule has 1 aromatic rings. The summed E-state index contributed by atoms with van der Waals surface area (Å²) in [6.45, 7) is 4.29. The molecule has 0 radical (unpaired) electrons. The predicted octanol–water partition coefficient (Wildman–Crippen LogP) is 1.60. The van der Waals surface area contributed by atoms with Gasteiger partial charge in [0.1, 0.15) is 0 Å². The monoisotopic (exact) mass is 221 g/mol. The molecule has 16 heavy (non-hydrogen) atoms. The number of hydrogen-bond acceptors (Lipinski definition) is 4. The lowest BCUT2D eigenvalue weighted by Crippen LogP contribution is -2.29. The van der Waals surface area contributed by atoms with Crippen LogP contribution in [0, 0.1) is 6.92 Å². The van der Waals surface area contributed by atoms with Crippen LogP contribution in [-0.2, 0) is 0 Å². The Balaban J connectivity index is 2.16. The summed E-state index contributed by atoms with van der Waals surface area (Å²) in [5.74, 6) is 0.562. The van der Waals surface area contributed by atoms with E-state index in [1.165, 1.54) is 12.8 Å². The average Bonchev–Trinajstić information content (AvgIpc) is 2.29. The van der Waals surface area contributed by atoms with E-state index in [1.54, 1.807) is 7.11 Å². The van der Waals surface area contributed by atoms with Gasteiger partial charge in [-0.25, -0.2) is 4.98 Å². The van der Waals surface area contributed by atoms with Crippen LogP contribution in [0.3, 0.4) is 0 Å². The minimum Gasteiger partial charge on any atom is -0.467 e. The Hall–Kier alpha value is -1.16. The van der Waals surface area contributed by atoms with Gasteiger partial charge in [-0.3, -0.25) is 0 Å². The predicted molar refractivity (Wildman–Crippen MR) is 62.8 cm³/mol. The normalized spacial score (nSPS) is 18.7. The third-order valence-electron chi connectivity index (χ3n) is 3.17. The molecule has 0 atom stereocenters. The van der Waals surface area contributed by atoms with Crippen LogP contribution in [0.4, 0.5) is 0 Å². The zero-order valence-electron chi connectivity index (χ0n) is 10.2. The van der Waals surface area contributed by atoms with Gasteiger partial charge >= 0.3 is 6.01 Å². The minimum absolute atomic E-state index is 0.494. The topological polar surface area (TPSA) is 38.2 Å². The van der Waals surface area contributed by atoms with Gasteiger partial charge < -0.3 is 9.64 Å². The Morgan fingerprint density at radius 1 is 1.31 bits per heavy atom. The number of aryl methyl sites for hydroxylation is 1. The molecule has 0 aliphatic carbocycles. The van der Waals surface area contributed by atoms with E-state index in [9.17, 15) is 0 Å². The molecule has 1 fully saturated rings. The largest absolute Gasteiger partial charge is 0.467 e. The average molecular weight is 221 g/mol. The second-order valence-corrected chi connectivity index (χ2v) is 4.50. The Morgan fingerprint density at radius 2 is 2.00 bits per heavy atom. The first-order chi connectivity index (χ1) is 7.69. The molecular weight excluding hydrogens is 202 g/mol. The zero-order valence-corrected chi connectivity index (χ0v) is 10.2. The molecule has 0 bridgehead atoms. The lowest BCUT2D eigenvalue weighted by molar-refractivity contribution is 0.252. The van der Waals surface area contributed by atoms with E-state index in [0.29, 0.717) is 11.9 Å². The van der Waals surface area contributed by atoms with Crippen LogP contribution in [0.2, 0.25) is 0 Å². The zero-order chi connectivity index (χ0) is 11.5. The van der Waals surface area contributed by atoms with Crippen LogP contribution in [0.1, 0.15) is 30.1 Å². The van der Waals surface area contributed by atoms with E-state index in [1.807, 2.05) is 6.92 Å². The number of methoxy groups -OCH3 is 1. The fourth-order valence-electron chi connectivity index (χ4n) is 2.17. The highest BCUT2D eigenvalue weighted by Crippen LogP contribution is 2.27. The van der Waals surface area contributed by atoms with Gasteiger partial charge in [0.15, 0.2) is 0 Å². The van der Waals surface area contributed by atoms with Crippen molar-refractivity contribution in [3.63, 3.8) is 0 Å². The molecule has 2 heterocycles. The molecular formula is C12H19N3O. The number of piperidine rings is 1. The highest BCUT2D eigenvalue weighted by atomic mass is 16.5. The molecule has 0 amide bonds. The molecule has 1 saturated heterocycles. The first-order valence-corrected chi connectivity index (χ1v) is 5.77. The first kappa shape index (κ1) is 11.3. The van der Waals surface area contributed by atoms with Gasteiger partial charge in [0.2, 0.25) is 0 Å². The summed E-state index contributed by atoms with van der Waals surface area (Å²) in [7, 11) is 3.79. The van der Waals surface area contributed by atoms with Crippen LogP contribution in [0.25, 0.3) is 0 Å². The molecule has 88 valence electrons. The van der Waals surface area contributed by atoms with Gasteiger partial charge in [-0.15, -0.1) is 0 Å². The maximum atomic E-state index is 5.11. The lowest BCUT2D eigenvalue weighted by Gasteiger charge is -2.28. The number of hydrogen-bond donors (Lipinski definition) is 0. The van der Waals surface area contributed by atoms with E-state index < -0.39 is 0 Å². The van der Waals surface area contributed by atoms with Crippen LogP contribution < -0.4 is 4.74 Å². The number of likely N-dealkylation sites (tertiary alicyclic amines) is 1. The van der Waals surface area contributed by atoms with E-state index in [0.717, 1.165) is 24.5 Å². The van der Waals surface area contributed by atoms with Gasteiger partial charge in [0.05, 0.1) is 12.8 Å². The first-order valence-electron chi connectivity index (χ1n) is 5.77. The standard InChI is InChI=1S/C12H19N3O/c1-9-8-11(14-12(13-9)16-3)10-4-6-15(2)7-5-10/h8,10H,4-7H2,1-3H3. The fraction of sp³-hybridized carbons (Fsp3) is 0.667. The molecule has 2 rings (SSSR count). The quantitative estimate of drug-likeness (QED) is 0.760. The molecule has 0 unspecified atom stereocenters. The molecule has 1 aromatic heterocycles. The highest BCUT2D eigenvalue weighted by molar-refractivity contribution is 5.17. The van der Waals surface area contributed by atoms with Gasteiger partial charge in [0, 0.05) is 11.6 Å². The molecule has 0 N–H and O–H groups in total. The second-order valence-electron chi connectivity index (χ2n) is 4.50. The minimum atomic E-state index is 0.494. The van der Waals surface area contributed by atoms with Crippen molar-refractivity contribution >= 4 is 0 Å². The lowest BCUT2D eigenvalue weighted by atomic mass is 9.93. The number of aromatic nitrogens is 2. The van der Waals surface area contributed by atoms with Crippen LogP contribution in [0.5, 0.6) is 6.01 Å². The molecule has 4 nitrogen and oxygen atoms in total. The Bertz CT molecular complexity index is 359. The van der Waals surface area contributed by atoms with Crippen LogP contribution in [-0.4, -0.2) is 42.1 Å². The van der Waals surface area contributed by atoms with Crippen molar-refractivity contribution in [1.82, 2.24) is 14.9 Å². The van der Waals surface area contributed by atoms with Crippen LogP contribution >= 0.6 is 0 Å². The number of ether oxygens (including phenoxy) is 1. The second kappa shape index (κ2) is 4.78. The molecule has 4 heteroatoms. The third kappa shape index (κ3) is 2.50. The van der Waals surface area contributed by atoms with E-state index in [4.69, 9.17) is 4.74 Å². The van der Waals surface area contributed by atoms with Gasteiger partial charge in [-0.1, -0.05) is 0 Å². The Morgan fingerprint density at radius 3 is 2.62 bits per heavy atom. The summed E-state index contributed by atoms with van der Waals surface area (Å²) in [5, 5.41) is 0. The van der Waals surface area contributed by atoms with Crippen molar-refractivity contribution < 1.29 is 4.74 Å². The molecule has 1 aliphatic heterocycles. The van der Waals surface area contributed by atoms with Crippen molar-refractivity contribution in [2.24, 2.45) is 0 Å². The SMILES string of the molecule is COc1nc(C)cc(C2CCN(C)CC2)n1. The number of rotatable bonds is 2. The fourth-order valence-corrected chi connectivity index (χ4v) is 2.17. The summed E-state index contributed by atoms with van der Waals surface area (Å²) >= 11 is 0. The van der Waals surface area contributed by atoms with Crippen molar-refractivity contribution in [2.45, 2.75) is 25.7 Å². The molecule has 0 aromatic carbocycles. The maximum absolute atomic E-state index is 5.11. The van der Waals surface area contributed by atoms with Crippen molar-refractivity contribution in [3.8, 4) is 6.01 Å². The summed E-state index contributed by atoms with van der Waals surface area (Å²) in [6, 6.07) is 2.58. The Labute approximate surface area is 96.7 Å². The van der Waals surface area contributed by atoms with E-state index in [2.05, 4.69) is 28.0 Å². The number of nitrogens with zero attached hydrogens (tertiary/aromatic N) is 3.